The number of nitrogens with one attached hydrogen (secondary N) is 2. The topological polar surface area (TPSA) is 93.7 Å². The van der Waals surface area contributed by atoms with Crippen molar-refractivity contribution in [3.05, 3.63) is 65.7 Å². The number of benzene rings is 2. The van der Waals surface area contributed by atoms with E-state index in [1.54, 1.807) is 42.5 Å². The van der Waals surface area contributed by atoms with Crippen molar-refractivity contribution in [1.29, 1.82) is 0 Å². The fraction of sp³-hybridized carbons (Fsp3) is 0.286. The summed E-state index contributed by atoms with van der Waals surface area (Å²) >= 11 is 0. The highest BCUT2D eigenvalue weighted by atomic mass is 16.6. The summed E-state index contributed by atoms with van der Waals surface area (Å²) in [5.41, 5.74) is 5.98. The van der Waals surface area contributed by atoms with Crippen molar-refractivity contribution in [2.45, 2.75) is 26.2 Å². The first-order valence-corrected chi connectivity index (χ1v) is 8.79. The van der Waals surface area contributed by atoms with Crippen LogP contribution >= 0.6 is 0 Å². The first kappa shape index (κ1) is 21.0. The first-order valence-electron chi connectivity index (χ1n) is 8.79. The van der Waals surface area contributed by atoms with E-state index in [9.17, 15) is 14.4 Å². The summed E-state index contributed by atoms with van der Waals surface area (Å²) in [4.78, 5) is 35.1. The molecule has 2 rings (SSSR count). The molecule has 0 aliphatic rings. The molecule has 0 bridgehead atoms. The van der Waals surface area contributed by atoms with Crippen molar-refractivity contribution in [3.63, 3.8) is 0 Å². The molecule has 2 aromatic rings. The van der Waals surface area contributed by atoms with Crippen molar-refractivity contribution in [1.82, 2.24) is 10.9 Å². The van der Waals surface area contributed by atoms with Crippen LogP contribution in [0.2, 0.25) is 0 Å². The van der Waals surface area contributed by atoms with Crippen LogP contribution in [-0.2, 0) is 19.7 Å². The van der Waals surface area contributed by atoms with Crippen molar-refractivity contribution >= 4 is 17.8 Å². The number of hydrogen-bond donors (Lipinski definition) is 2. The summed E-state index contributed by atoms with van der Waals surface area (Å²) in [6.45, 7) is 5.47. The second-order valence-corrected chi connectivity index (χ2v) is 7.09. The number of esters is 1. The molecule has 0 saturated heterocycles. The normalized spacial score (nSPS) is 10.7. The molecule has 0 radical (unpaired) electrons. The molecular formula is C21H24N2O5. The number of amides is 2. The van der Waals surface area contributed by atoms with Crippen LogP contribution in [0.5, 0.6) is 5.75 Å². The highest BCUT2D eigenvalue weighted by molar-refractivity contribution is 5.95. The number of rotatable bonds is 6. The van der Waals surface area contributed by atoms with Gasteiger partial charge in [-0.25, -0.2) is 4.79 Å². The van der Waals surface area contributed by atoms with E-state index in [0.717, 1.165) is 5.56 Å². The van der Waals surface area contributed by atoms with E-state index in [1.165, 1.54) is 0 Å². The van der Waals surface area contributed by atoms with E-state index >= 15 is 0 Å². The van der Waals surface area contributed by atoms with Gasteiger partial charge in [0.15, 0.2) is 13.2 Å². The molecule has 2 aromatic carbocycles. The van der Waals surface area contributed by atoms with Gasteiger partial charge >= 0.3 is 5.97 Å². The van der Waals surface area contributed by atoms with Crippen LogP contribution in [0.15, 0.2) is 54.6 Å². The third-order valence-corrected chi connectivity index (χ3v) is 3.79. The van der Waals surface area contributed by atoms with Gasteiger partial charge < -0.3 is 9.47 Å². The predicted octanol–water partition coefficient (Wildman–Crippen LogP) is 2.37. The summed E-state index contributed by atoms with van der Waals surface area (Å²) in [6.07, 6.45) is 0. The minimum absolute atomic E-state index is 0.0285. The molecular weight excluding hydrogens is 360 g/mol. The van der Waals surface area contributed by atoms with Gasteiger partial charge in [0.1, 0.15) is 5.75 Å². The SMILES string of the molecule is CC(C)(C)c1ccc(OCC(=O)OCC(=O)NNC(=O)c2ccccc2)cc1. The van der Waals surface area contributed by atoms with Gasteiger partial charge in [-0.05, 0) is 35.2 Å². The molecule has 28 heavy (non-hydrogen) atoms. The van der Waals surface area contributed by atoms with Crippen molar-refractivity contribution in [3.8, 4) is 5.75 Å². The van der Waals surface area contributed by atoms with Crippen LogP contribution in [0, 0.1) is 0 Å². The summed E-state index contributed by atoms with van der Waals surface area (Å²) in [6, 6.07) is 15.8. The average molecular weight is 384 g/mol. The number of ether oxygens (including phenoxy) is 2. The zero-order valence-corrected chi connectivity index (χ0v) is 16.2. The van der Waals surface area contributed by atoms with Gasteiger partial charge in [0, 0.05) is 5.56 Å². The first-order chi connectivity index (χ1) is 13.3. The Balaban J connectivity index is 1.67. The summed E-state index contributed by atoms with van der Waals surface area (Å²) < 4.78 is 10.2. The second kappa shape index (κ2) is 9.55. The maximum absolute atomic E-state index is 11.8. The fourth-order valence-electron chi connectivity index (χ4n) is 2.21. The van der Waals surface area contributed by atoms with Gasteiger partial charge in [0.25, 0.3) is 11.8 Å². The van der Waals surface area contributed by atoms with E-state index in [2.05, 4.69) is 31.6 Å². The molecule has 148 valence electrons. The van der Waals surface area contributed by atoms with Crippen molar-refractivity contribution in [2.75, 3.05) is 13.2 Å². The third kappa shape index (κ3) is 6.75. The molecule has 0 aliphatic heterocycles. The third-order valence-electron chi connectivity index (χ3n) is 3.79. The van der Waals surface area contributed by atoms with E-state index in [1.807, 2.05) is 12.1 Å². The molecule has 0 fully saturated rings. The molecule has 0 aliphatic carbocycles. The highest BCUT2D eigenvalue weighted by Crippen LogP contribution is 2.24. The number of carbonyl (C=O) groups is 3. The van der Waals surface area contributed by atoms with Gasteiger partial charge in [-0.15, -0.1) is 0 Å². The molecule has 2 N–H and O–H groups in total. The quantitative estimate of drug-likeness (QED) is 0.589. The number of carbonyl (C=O) groups excluding carboxylic acids is 3. The minimum Gasteiger partial charge on any atom is -0.482 e. The second-order valence-electron chi connectivity index (χ2n) is 7.09. The maximum atomic E-state index is 11.8. The van der Waals surface area contributed by atoms with Gasteiger partial charge in [-0.3, -0.25) is 20.4 Å². The lowest BCUT2D eigenvalue weighted by Crippen LogP contribution is -2.43. The smallest absolute Gasteiger partial charge is 0.344 e. The fourth-order valence-corrected chi connectivity index (χ4v) is 2.21. The average Bonchev–Trinajstić information content (AvgIpc) is 2.69. The molecule has 0 unspecified atom stereocenters. The molecule has 2 amide bonds. The predicted molar refractivity (Wildman–Crippen MR) is 104 cm³/mol. The van der Waals surface area contributed by atoms with Gasteiger partial charge in [-0.1, -0.05) is 51.1 Å². The molecule has 7 heteroatoms. The van der Waals surface area contributed by atoms with Crippen LogP contribution in [-0.4, -0.2) is 31.0 Å². The Morgan fingerprint density at radius 1 is 0.857 bits per heavy atom. The number of hydrogen-bond acceptors (Lipinski definition) is 5. The Morgan fingerprint density at radius 2 is 1.50 bits per heavy atom. The van der Waals surface area contributed by atoms with E-state index < -0.39 is 24.4 Å². The van der Waals surface area contributed by atoms with Crippen molar-refractivity contribution in [2.24, 2.45) is 0 Å². The largest absolute Gasteiger partial charge is 0.482 e. The Kier molecular flexibility index (Phi) is 7.14. The van der Waals surface area contributed by atoms with Crippen LogP contribution in [0.1, 0.15) is 36.7 Å². The van der Waals surface area contributed by atoms with Crippen LogP contribution < -0.4 is 15.6 Å². The Hall–Kier alpha value is -3.35. The summed E-state index contributed by atoms with van der Waals surface area (Å²) in [5, 5.41) is 0. The van der Waals surface area contributed by atoms with Gasteiger partial charge in [0.05, 0.1) is 0 Å². The standard InChI is InChI=1S/C21H24N2O5/c1-21(2,3)16-9-11-17(12-10-16)27-14-19(25)28-13-18(24)22-23-20(26)15-7-5-4-6-8-15/h4-12H,13-14H2,1-3H3,(H,22,24)(H,23,26). The zero-order valence-electron chi connectivity index (χ0n) is 16.2. The van der Waals surface area contributed by atoms with Crippen LogP contribution in [0.3, 0.4) is 0 Å². The Labute approximate surface area is 164 Å². The van der Waals surface area contributed by atoms with Gasteiger partial charge in [0.2, 0.25) is 0 Å². The lowest BCUT2D eigenvalue weighted by atomic mass is 9.87. The lowest BCUT2D eigenvalue weighted by Gasteiger charge is -2.19. The summed E-state index contributed by atoms with van der Waals surface area (Å²) in [5.74, 6) is -1.29. The maximum Gasteiger partial charge on any atom is 0.344 e. The Bertz CT molecular complexity index is 811. The van der Waals surface area contributed by atoms with Gasteiger partial charge in [-0.2, -0.15) is 0 Å². The molecule has 0 saturated carbocycles. The van der Waals surface area contributed by atoms with Crippen molar-refractivity contribution < 1.29 is 23.9 Å². The molecule has 0 atom stereocenters. The Morgan fingerprint density at radius 3 is 2.11 bits per heavy atom. The minimum atomic E-state index is -0.690. The molecule has 0 aromatic heterocycles. The molecule has 0 heterocycles. The zero-order chi connectivity index (χ0) is 20.6. The van der Waals surface area contributed by atoms with E-state index in [0.29, 0.717) is 11.3 Å². The van der Waals surface area contributed by atoms with Crippen LogP contribution in [0.25, 0.3) is 0 Å². The molecule has 0 spiro atoms. The number of hydrazine groups is 1. The highest BCUT2D eigenvalue weighted by Gasteiger charge is 2.14. The monoisotopic (exact) mass is 384 g/mol. The van der Waals surface area contributed by atoms with Crippen LogP contribution in [0.4, 0.5) is 0 Å². The van der Waals surface area contributed by atoms with E-state index in [4.69, 9.17) is 9.47 Å². The van der Waals surface area contributed by atoms with E-state index in [-0.39, 0.29) is 12.0 Å². The molecule has 7 nitrogen and oxygen atoms in total. The lowest BCUT2D eigenvalue weighted by molar-refractivity contribution is -0.150. The summed E-state index contributed by atoms with van der Waals surface area (Å²) in [7, 11) is 0.